The molecule has 0 radical (unpaired) electrons. The van der Waals surface area contributed by atoms with Crippen molar-refractivity contribution in [3.05, 3.63) is 0 Å². The van der Waals surface area contributed by atoms with Gasteiger partial charge in [0, 0.05) is 20.0 Å². The summed E-state index contributed by atoms with van der Waals surface area (Å²) in [6.07, 6.45) is -1.86. The molecule has 0 saturated carbocycles. The maximum absolute atomic E-state index is 11.3. The highest BCUT2D eigenvalue weighted by atomic mass is 16.9. The molecule has 0 aromatic heterocycles. The maximum Gasteiger partial charge on any atom is 0.511 e. The molecular formula is C11H25N3O6. The molecule has 0 aliphatic carbocycles. The number of rotatable bonds is 8. The van der Waals surface area contributed by atoms with Gasteiger partial charge < -0.3 is 14.6 Å². The molecule has 1 atom stereocenters. The molecule has 9 nitrogen and oxygen atoms in total. The molecule has 0 aromatic carbocycles. The van der Waals surface area contributed by atoms with Gasteiger partial charge in [-0.1, -0.05) is 12.5 Å². The van der Waals surface area contributed by atoms with Gasteiger partial charge in [-0.05, 0) is 26.1 Å². The molecule has 0 rings (SSSR count). The molecular weight excluding hydrogens is 270 g/mol. The third-order valence-electron chi connectivity index (χ3n) is 1.94. The third kappa shape index (κ3) is 9.02. The molecule has 0 heterocycles. The Kier molecular flexibility index (Phi) is 8.62. The number of nitrogens with zero attached hydrogens (tertiary/aromatic N) is 2. The number of likely N-dealkylation sites (N-methyl/N-ethyl adjacent to an activating group) is 1. The summed E-state index contributed by atoms with van der Waals surface area (Å²) < 4.78 is 9.73. The maximum atomic E-state index is 11.3. The zero-order valence-corrected chi connectivity index (χ0v) is 12.6. The number of aliphatic hydroxyl groups is 1. The van der Waals surface area contributed by atoms with Gasteiger partial charge in [-0.2, -0.15) is 5.01 Å². The number of hydrogen-bond donors (Lipinski definition) is 3. The Labute approximate surface area is 118 Å². The van der Waals surface area contributed by atoms with E-state index in [-0.39, 0.29) is 13.2 Å². The normalized spacial score (nSPS) is 13.7. The van der Waals surface area contributed by atoms with Crippen LogP contribution in [0.5, 0.6) is 0 Å². The van der Waals surface area contributed by atoms with Crippen LogP contribution in [0.25, 0.3) is 0 Å². The Morgan fingerprint density at radius 1 is 1.40 bits per heavy atom. The average molecular weight is 295 g/mol. The molecule has 20 heavy (non-hydrogen) atoms. The molecule has 0 bridgehead atoms. The van der Waals surface area contributed by atoms with E-state index in [9.17, 15) is 10.0 Å². The standard InChI is InChI=1S/C11H25N3O6/c1-6-13(7-8-15)14(17)12-20-9(2)18-10(16)19-11(3,4)5/h9,12,15,17H,6-8H2,1-5H3. The molecule has 9 heteroatoms. The zero-order valence-electron chi connectivity index (χ0n) is 12.6. The largest absolute Gasteiger partial charge is 0.511 e. The summed E-state index contributed by atoms with van der Waals surface area (Å²) in [4.78, 5) is 16.2. The van der Waals surface area contributed by atoms with Crippen LogP contribution in [0.15, 0.2) is 0 Å². The Hall–Kier alpha value is -0.970. The number of carbonyl (C=O) groups is 1. The van der Waals surface area contributed by atoms with Gasteiger partial charge in [0.1, 0.15) is 5.60 Å². The highest BCUT2D eigenvalue weighted by Crippen LogP contribution is 2.09. The average Bonchev–Trinajstić information content (AvgIpc) is 2.30. The lowest BCUT2D eigenvalue weighted by molar-refractivity contribution is -0.365. The molecule has 3 N–H and O–H groups in total. The highest BCUT2D eigenvalue weighted by molar-refractivity contribution is 5.60. The second kappa shape index (κ2) is 9.06. The van der Waals surface area contributed by atoms with Crippen LogP contribution in [0.3, 0.4) is 0 Å². The zero-order chi connectivity index (χ0) is 15.8. The molecule has 0 fully saturated rings. The van der Waals surface area contributed by atoms with E-state index in [1.807, 2.05) is 0 Å². The molecule has 0 aromatic rings. The van der Waals surface area contributed by atoms with Crippen LogP contribution in [-0.4, -0.2) is 58.3 Å². The van der Waals surface area contributed by atoms with Gasteiger partial charge in [0.2, 0.25) is 6.29 Å². The predicted octanol–water partition coefficient (Wildman–Crippen LogP) is 0.641. The SMILES string of the molecule is CCN(CCO)N(O)NOC(C)OC(=O)OC(C)(C)C. The second-order valence-corrected chi connectivity index (χ2v) is 4.92. The van der Waals surface area contributed by atoms with E-state index >= 15 is 0 Å². The minimum absolute atomic E-state index is 0.128. The summed E-state index contributed by atoms with van der Waals surface area (Å²) in [6.45, 7) is 8.88. The van der Waals surface area contributed by atoms with Crippen LogP contribution in [0.4, 0.5) is 4.79 Å². The lowest BCUT2D eigenvalue weighted by Gasteiger charge is -2.28. The van der Waals surface area contributed by atoms with Crippen molar-refractivity contribution < 1.29 is 29.4 Å². The number of hydrogen-bond acceptors (Lipinski definition) is 9. The first-order valence-corrected chi connectivity index (χ1v) is 6.35. The van der Waals surface area contributed by atoms with E-state index in [1.54, 1.807) is 27.7 Å². The van der Waals surface area contributed by atoms with Crippen LogP contribution in [0.1, 0.15) is 34.6 Å². The molecule has 0 saturated heterocycles. The molecule has 1 unspecified atom stereocenters. The molecule has 0 amide bonds. The third-order valence-corrected chi connectivity index (χ3v) is 1.94. The van der Waals surface area contributed by atoms with E-state index < -0.39 is 18.0 Å². The Morgan fingerprint density at radius 3 is 2.45 bits per heavy atom. The topological polar surface area (TPSA) is 104 Å². The first-order chi connectivity index (χ1) is 9.19. The number of hydrazine groups is 2. The van der Waals surface area contributed by atoms with E-state index in [0.717, 1.165) is 0 Å². The van der Waals surface area contributed by atoms with Crippen molar-refractivity contribution >= 4 is 6.16 Å². The van der Waals surface area contributed by atoms with E-state index in [1.165, 1.54) is 11.9 Å². The first kappa shape index (κ1) is 19.0. The summed E-state index contributed by atoms with van der Waals surface area (Å²) in [7, 11) is 0. The van der Waals surface area contributed by atoms with Crippen molar-refractivity contribution in [3.8, 4) is 0 Å². The van der Waals surface area contributed by atoms with E-state index in [2.05, 4.69) is 5.59 Å². The number of aliphatic hydroxyl groups excluding tert-OH is 1. The van der Waals surface area contributed by atoms with Crippen molar-refractivity contribution in [1.29, 1.82) is 0 Å². The fourth-order valence-electron chi connectivity index (χ4n) is 1.11. The molecule has 0 aliphatic heterocycles. The molecule has 120 valence electrons. The van der Waals surface area contributed by atoms with Gasteiger partial charge >= 0.3 is 6.16 Å². The van der Waals surface area contributed by atoms with Crippen molar-refractivity contribution in [2.75, 3.05) is 19.7 Å². The van der Waals surface area contributed by atoms with Crippen molar-refractivity contribution in [2.45, 2.75) is 46.5 Å². The van der Waals surface area contributed by atoms with E-state index in [4.69, 9.17) is 19.4 Å². The van der Waals surface area contributed by atoms with Crippen molar-refractivity contribution in [3.63, 3.8) is 0 Å². The van der Waals surface area contributed by atoms with Gasteiger partial charge in [0.25, 0.3) is 0 Å². The fraction of sp³-hybridized carbons (Fsp3) is 0.909. The number of nitrogens with one attached hydrogen (secondary N) is 1. The summed E-state index contributed by atoms with van der Waals surface area (Å²) in [5.74, 6) is 0. The Balaban J connectivity index is 4.03. The minimum atomic E-state index is -0.979. The van der Waals surface area contributed by atoms with E-state index in [0.29, 0.717) is 11.8 Å². The van der Waals surface area contributed by atoms with Crippen LogP contribution in [0.2, 0.25) is 0 Å². The van der Waals surface area contributed by atoms with Gasteiger partial charge in [-0.25, -0.2) is 9.63 Å². The summed E-state index contributed by atoms with van der Waals surface area (Å²) in [5.41, 5.74) is 1.50. The van der Waals surface area contributed by atoms with Crippen LogP contribution >= 0.6 is 0 Å². The van der Waals surface area contributed by atoms with Crippen molar-refractivity contribution in [2.24, 2.45) is 0 Å². The first-order valence-electron chi connectivity index (χ1n) is 6.35. The molecule has 0 spiro atoms. The summed E-state index contributed by atoms with van der Waals surface area (Å²) in [6, 6.07) is 0. The monoisotopic (exact) mass is 295 g/mol. The predicted molar refractivity (Wildman–Crippen MR) is 69.0 cm³/mol. The number of ether oxygens (including phenoxy) is 2. The molecule has 0 aliphatic rings. The van der Waals surface area contributed by atoms with Gasteiger partial charge in [0.15, 0.2) is 0 Å². The minimum Gasteiger partial charge on any atom is -0.429 e. The van der Waals surface area contributed by atoms with Crippen molar-refractivity contribution in [1.82, 2.24) is 15.9 Å². The summed E-state index contributed by atoms with van der Waals surface area (Å²) >= 11 is 0. The second-order valence-electron chi connectivity index (χ2n) is 4.92. The van der Waals surface area contributed by atoms with Gasteiger partial charge in [0.05, 0.1) is 6.61 Å². The lowest BCUT2D eigenvalue weighted by atomic mass is 10.2. The Morgan fingerprint density at radius 2 is 2.00 bits per heavy atom. The number of carbonyl (C=O) groups excluding carboxylic acids is 1. The highest BCUT2D eigenvalue weighted by Gasteiger charge is 2.20. The van der Waals surface area contributed by atoms with Gasteiger partial charge in [-0.15, -0.1) is 0 Å². The lowest BCUT2D eigenvalue weighted by Crippen LogP contribution is -2.51. The smallest absolute Gasteiger partial charge is 0.429 e. The van der Waals surface area contributed by atoms with Crippen LogP contribution < -0.4 is 5.59 Å². The van der Waals surface area contributed by atoms with Crippen LogP contribution in [0, 0.1) is 0 Å². The van der Waals surface area contributed by atoms with Crippen LogP contribution in [-0.2, 0) is 14.3 Å². The van der Waals surface area contributed by atoms with Gasteiger partial charge in [-0.3, -0.25) is 5.21 Å². The quantitative estimate of drug-likeness (QED) is 0.338. The summed E-state index contributed by atoms with van der Waals surface area (Å²) in [5, 5.41) is 20.3. The fourth-order valence-corrected chi connectivity index (χ4v) is 1.11. The Bertz CT molecular complexity index is 284.